The highest BCUT2D eigenvalue weighted by Crippen LogP contribution is 2.32. The second-order valence-corrected chi connectivity index (χ2v) is 7.57. The Balaban J connectivity index is 1.56. The average molecular weight is 362 g/mol. The summed E-state index contributed by atoms with van der Waals surface area (Å²) >= 11 is 0. The van der Waals surface area contributed by atoms with Crippen molar-refractivity contribution in [1.82, 2.24) is 10.2 Å². The van der Waals surface area contributed by atoms with E-state index in [4.69, 9.17) is 14.2 Å². The van der Waals surface area contributed by atoms with Crippen molar-refractivity contribution >= 4 is 12.0 Å². The van der Waals surface area contributed by atoms with E-state index in [9.17, 15) is 9.59 Å². The first kappa shape index (κ1) is 18.4. The van der Waals surface area contributed by atoms with Gasteiger partial charge in [-0.15, -0.1) is 0 Å². The molecule has 0 aliphatic carbocycles. The molecule has 2 aliphatic rings. The first-order valence-corrected chi connectivity index (χ1v) is 8.99. The van der Waals surface area contributed by atoms with Gasteiger partial charge in [-0.05, 0) is 45.7 Å². The number of nitrogens with one attached hydrogen (secondary N) is 1. The predicted molar refractivity (Wildman–Crippen MR) is 95.3 cm³/mol. The molecule has 2 atom stereocenters. The number of amides is 2. The molecule has 0 spiro atoms. The SMILES string of the molecule is CC(C)(C)OC(=O)NC[C@H]1CCCN1C(=O)[C@H]1COc2ccccc2O1. The Bertz CT molecular complexity index is 670. The van der Waals surface area contributed by atoms with Crippen LogP contribution in [0.1, 0.15) is 33.6 Å². The summed E-state index contributed by atoms with van der Waals surface area (Å²) in [6.07, 6.45) is 0.609. The van der Waals surface area contributed by atoms with Crippen LogP contribution < -0.4 is 14.8 Å². The molecule has 3 rings (SSSR count). The fourth-order valence-electron chi connectivity index (χ4n) is 3.18. The van der Waals surface area contributed by atoms with Crippen molar-refractivity contribution in [3.8, 4) is 11.5 Å². The van der Waals surface area contributed by atoms with Gasteiger partial charge in [-0.25, -0.2) is 4.79 Å². The van der Waals surface area contributed by atoms with Crippen LogP contribution in [-0.2, 0) is 9.53 Å². The van der Waals surface area contributed by atoms with Crippen molar-refractivity contribution < 1.29 is 23.8 Å². The minimum absolute atomic E-state index is 0.0595. The minimum Gasteiger partial charge on any atom is -0.485 e. The second-order valence-electron chi connectivity index (χ2n) is 7.57. The van der Waals surface area contributed by atoms with Crippen LogP contribution in [-0.4, -0.2) is 54.3 Å². The van der Waals surface area contributed by atoms with E-state index in [-0.39, 0.29) is 18.6 Å². The summed E-state index contributed by atoms with van der Waals surface area (Å²) in [4.78, 5) is 26.5. The molecule has 2 heterocycles. The van der Waals surface area contributed by atoms with Gasteiger partial charge >= 0.3 is 6.09 Å². The number of hydrogen-bond acceptors (Lipinski definition) is 5. The fourth-order valence-corrected chi connectivity index (χ4v) is 3.18. The largest absolute Gasteiger partial charge is 0.485 e. The lowest BCUT2D eigenvalue weighted by Gasteiger charge is -2.32. The van der Waals surface area contributed by atoms with Crippen molar-refractivity contribution in [1.29, 1.82) is 0 Å². The Morgan fingerprint density at radius 3 is 2.73 bits per heavy atom. The normalized spacial score (nSPS) is 22.0. The van der Waals surface area contributed by atoms with E-state index in [0.29, 0.717) is 24.6 Å². The summed E-state index contributed by atoms with van der Waals surface area (Å²) in [5.41, 5.74) is -0.546. The summed E-state index contributed by atoms with van der Waals surface area (Å²) in [7, 11) is 0. The topological polar surface area (TPSA) is 77.1 Å². The number of carbonyl (C=O) groups is 2. The van der Waals surface area contributed by atoms with Crippen LogP contribution in [0.4, 0.5) is 4.79 Å². The third kappa shape index (κ3) is 4.39. The highest BCUT2D eigenvalue weighted by Gasteiger charge is 2.36. The molecule has 0 unspecified atom stereocenters. The van der Waals surface area contributed by atoms with E-state index in [1.54, 1.807) is 11.0 Å². The van der Waals surface area contributed by atoms with Crippen LogP contribution in [0.5, 0.6) is 11.5 Å². The molecule has 0 bridgehead atoms. The van der Waals surface area contributed by atoms with Gasteiger partial charge in [0.05, 0.1) is 0 Å². The molecule has 26 heavy (non-hydrogen) atoms. The van der Waals surface area contributed by atoms with Crippen molar-refractivity contribution in [2.45, 2.75) is 51.4 Å². The first-order valence-electron chi connectivity index (χ1n) is 8.99. The van der Waals surface area contributed by atoms with E-state index < -0.39 is 17.8 Å². The molecular formula is C19H26N2O5. The summed E-state index contributed by atoms with van der Waals surface area (Å²) in [5, 5.41) is 2.76. The van der Waals surface area contributed by atoms with Gasteiger partial charge in [0.2, 0.25) is 6.10 Å². The van der Waals surface area contributed by atoms with Crippen molar-refractivity contribution in [3.63, 3.8) is 0 Å². The zero-order valence-electron chi connectivity index (χ0n) is 15.5. The molecule has 7 nitrogen and oxygen atoms in total. The van der Waals surface area contributed by atoms with Crippen LogP contribution >= 0.6 is 0 Å². The molecule has 2 amide bonds. The molecule has 0 saturated carbocycles. The third-order valence-corrected chi connectivity index (χ3v) is 4.33. The smallest absolute Gasteiger partial charge is 0.407 e. The first-order chi connectivity index (χ1) is 12.3. The summed E-state index contributed by atoms with van der Waals surface area (Å²) < 4.78 is 16.7. The molecule has 0 aromatic heterocycles. The highest BCUT2D eigenvalue weighted by molar-refractivity contribution is 5.82. The lowest BCUT2D eigenvalue weighted by atomic mass is 10.2. The minimum atomic E-state index is -0.660. The van der Waals surface area contributed by atoms with Gasteiger partial charge in [-0.2, -0.15) is 0 Å². The number of carbonyl (C=O) groups excluding carboxylic acids is 2. The molecule has 142 valence electrons. The number of nitrogens with zero attached hydrogens (tertiary/aromatic N) is 1. The van der Waals surface area contributed by atoms with Gasteiger partial charge in [-0.1, -0.05) is 12.1 Å². The predicted octanol–water partition coefficient (Wildman–Crippen LogP) is 2.34. The Hall–Kier alpha value is -2.44. The van der Waals surface area contributed by atoms with Crippen LogP contribution in [0.2, 0.25) is 0 Å². The Morgan fingerprint density at radius 1 is 1.27 bits per heavy atom. The van der Waals surface area contributed by atoms with Crippen LogP contribution in [0.25, 0.3) is 0 Å². The van der Waals surface area contributed by atoms with Gasteiger partial charge < -0.3 is 24.4 Å². The summed E-state index contributed by atoms with van der Waals surface area (Å²) in [6, 6.07) is 7.26. The van der Waals surface area contributed by atoms with Gasteiger partial charge in [0.15, 0.2) is 11.5 Å². The van der Waals surface area contributed by atoms with E-state index >= 15 is 0 Å². The lowest BCUT2D eigenvalue weighted by Crippen LogP contribution is -2.51. The van der Waals surface area contributed by atoms with Gasteiger partial charge in [0.25, 0.3) is 5.91 Å². The maximum atomic E-state index is 12.9. The van der Waals surface area contributed by atoms with Gasteiger partial charge in [0.1, 0.15) is 12.2 Å². The number of rotatable bonds is 3. The van der Waals surface area contributed by atoms with Crippen molar-refractivity contribution in [2.75, 3.05) is 19.7 Å². The Morgan fingerprint density at radius 2 is 2.00 bits per heavy atom. The Kier molecular flexibility index (Phi) is 5.25. The number of likely N-dealkylation sites (tertiary alicyclic amines) is 1. The van der Waals surface area contributed by atoms with Crippen molar-refractivity contribution in [3.05, 3.63) is 24.3 Å². The number of fused-ring (bicyclic) bond motifs is 1. The van der Waals surface area contributed by atoms with E-state index in [0.717, 1.165) is 12.8 Å². The average Bonchev–Trinajstić information content (AvgIpc) is 3.06. The number of para-hydroxylation sites is 2. The lowest BCUT2D eigenvalue weighted by molar-refractivity contribution is -0.142. The van der Waals surface area contributed by atoms with E-state index in [1.807, 2.05) is 39.0 Å². The molecule has 7 heteroatoms. The Labute approximate surface area is 153 Å². The number of ether oxygens (including phenoxy) is 3. The molecule has 1 aromatic carbocycles. The monoisotopic (exact) mass is 362 g/mol. The maximum absolute atomic E-state index is 12.9. The molecule has 1 N–H and O–H groups in total. The third-order valence-electron chi connectivity index (χ3n) is 4.33. The second kappa shape index (κ2) is 7.43. The van der Waals surface area contributed by atoms with Crippen molar-refractivity contribution in [2.24, 2.45) is 0 Å². The quantitative estimate of drug-likeness (QED) is 0.893. The number of alkyl carbamates (subject to hydrolysis) is 1. The number of benzene rings is 1. The van der Waals surface area contributed by atoms with E-state index in [2.05, 4.69) is 5.32 Å². The zero-order valence-corrected chi connectivity index (χ0v) is 15.5. The van der Waals surface area contributed by atoms with Crippen LogP contribution in [0, 0.1) is 0 Å². The van der Waals surface area contributed by atoms with Gasteiger partial charge in [-0.3, -0.25) is 4.79 Å². The molecule has 1 fully saturated rings. The van der Waals surface area contributed by atoms with E-state index in [1.165, 1.54) is 0 Å². The fraction of sp³-hybridized carbons (Fsp3) is 0.579. The molecular weight excluding hydrogens is 336 g/mol. The molecule has 1 saturated heterocycles. The van der Waals surface area contributed by atoms with Crippen LogP contribution in [0.3, 0.4) is 0 Å². The zero-order chi connectivity index (χ0) is 18.7. The molecule has 1 aromatic rings. The standard InChI is InChI=1S/C19H26N2O5/c1-19(2,3)26-18(23)20-11-13-7-6-10-21(13)17(22)16-12-24-14-8-4-5-9-15(14)25-16/h4-5,8-9,13,16H,6-7,10-12H2,1-3H3,(H,20,23)/t13-,16-/m1/s1. The summed E-state index contributed by atoms with van der Waals surface area (Å²) in [5.74, 6) is 1.13. The summed E-state index contributed by atoms with van der Waals surface area (Å²) in [6.45, 7) is 6.66. The molecule has 2 aliphatic heterocycles. The number of hydrogen-bond donors (Lipinski definition) is 1. The highest BCUT2D eigenvalue weighted by atomic mass is 16.6. The van der Waals surface area contributed by atoms with Gasteiger partial charge in [0, 0.05) is 19.1 Å². The molecule has 0 radical (unpaired) electrons. The maximum Gasteiger partial charge on any atom is 0.407 e. The van der Waals surface area contributed by atoms with Crippen LogP contribution in [0.15, 0.2) is 24.3 Å².